The van der Waals surface area contributed by atoms with Gasteiger partial charge in [0.1, 0.15) is 5.82 Å². The van der Waals surface area contributed by atoms with Crippen molar-refractivity contribution in [1.29, 1.82) is 0 Å². The van der Waals surface area contributed by atoms with Crippen molar-refractivity contribution < 1.29 is 14.3 Å². The third-order valence-corrected chi connectivity index (χ3v) is 4.01. The van der Waals surface area contributed by atoms with Crippen molar-refractivity contribution in [3.8, 4) is 0 Å². The maximum atomic E-state index is 12.6. The molecule has 0 unspecified atom stereocenters. The van der Waals surface area contributed by atoms with Gasteiger partial charge in [0, 0.05) is 31.4 Å². The van der Waals surface area contributed by atoms with Gasteiger partial charge >= 0.3 is 0 Å². The van der Waals surface area contributed by atoms with E-state index in [4.69, 9.17) is 10.5 Å². The van der Waals surface area contributed by atoms with Gasteiger partial charge in [0.2, 0.25) is 5.91 Å². The molecule has 0 radical (unpaired) electrons. The zero-order valence-corrected chi connectivity index (χ0v) is 13.8. The molecule has 2 amide bonds. The Balaban J connectivity index is 1.71. The van der Waals surface area contributed by atoms with Crippen molar-refractivity contribution in [2.75, 3.05) is 31.2 Å². The van der Waals surface area contributed by atoms with Crippen LogP contribution < -0.4 is 16.0 Å². The van der Waals surface area contributed by atoms with E-state index >= 15 is 0 Å². The number of pyridine rings is 1. The summed E-state index contributed by atoms with van der Waals surface area (Å²) in [4.78, 5) is 30.3. The monoisotopic (exact) mass is 340 g/mol. The summed E-state index contributed by atoms with van der Waals surface area (Å²) < 4.78 is 5.35. The van der Waals surface area contributed by atoms with Crippen LogP contribution in [0.2, 0.25) is 0 Å². The molecule has 3 rings (SSSR count). The van der Waals surface area contributed by atoms with Crippen LogP contribution in [-0.4, -0.2) is 43.1 Å². The highest BCUT2D eigenvalue weighted by atomic mass is 16.5. The van der Waals surface area contributed by atoms with Crippen molar-refractivity contribution in [1.82, 2.24) is 10.3 Å². The lowest BCUT2D eigenvalue weighted by Crippen LogP contribution is -2.38. The van der Waals surface area contributed by atoms with Gasteiger partial charge in [0.15, 0.2) is 0 Å². The smallest absolute Gasteiger partial charge is 0.255 e. The molecule has 1 aromatic carbocycles. The van der Waals surface area contributed by atoms with Gasteiger partial charge in [-0.15, -0.1) is 0 Å². The van der Waals surface area contributed by atoms with Gasteiger partial charge in [-0.1, -0.05) is 12.1 Å². The van der Waals surface area contributed by atoms with Gasteiger partial charge in [-0.25, -0.2) is 4.98 Å². The Kier molecular flexibility index (Phi) is 5.25. The van der Waals surface area contributed by atoms with E-state index in [2.05, 4.69) is 10.3 Å². The highest BCUT2D eigenvalue weighted by molar-refractivity contribution is 5.99. The molecule has 1 aromatic heterocycles. The normalized spacial score (nSPS) is 14.2. The molecule has 7 nitrogen and oxygen atoms in total. The van der Waals surface area contributed by atoms with Crippen LogP contribution in [0.1, 0.15) is 26.3 Å². The first-order valence-electron chi connectivity index (χ1n) is 8.10. The molecule has 1 aliphatic heterocycles. The van der Waals surface area contributed by atoms with E-state index in [0.29, 0.717) is 49.8 Å². The van der Waals surface area contributed by atoms with Crippen LogP contribution >= 0.6 is 0 Å². The number of rotatable bonds is 5. The molecular weight excluding hydrogens is 320 g/mol. The fourth-order valence-corrected chi connectivity index (χ4v) is 2.71. The molecule has 130 valence electrons. The van der Waals surface area contributed by atoms with Crippen molar-refractivity contribution in [3.05, 3.63) is 59.3 Å². The summed E-state index contributed by atoms with van der Waals surface area (Å²) in [6.07, 6.45) is 1.68. The lowest BCUT2D eigenvalue weighted by molar-refractivity contribution is 0.0948. The Labute approximate surface area is 145 Å². The molecule has 0 atom stereocenters. The first kappa shape index (κ1) is 16.9. The fourth-order valence-electron chi connectivity index (χ4n) is 2.71. The van der Waals surface area contributed by atoms with Gasteiger partial charge in [-0.05, 0) is 29.8 Å². The predicted octanol–water partition coefficient (Wildman–Crippen LogP) is 0.947. The molecule has 0 aliphatic carbocycles. The SMILES string of the molecule is NC(=O)c1cccc(CNC(=O)c2cccnc2N2CCOCC2)c1. The Hall–Kier alpha value is -2.93. The standard InChI is InChI=1S/C18H20N4O3/c19-16(23)14-4-1-3-13(11-14)12-21-18(24)15-5-2-6-20-17(15)22-7-9-25-10-8-22/h1-6,11H,7-10,12H2,(H2,19,23)(H,21,24). The second-order valence-electron chi connectivity index (χ2n) is 5.72. The highest BCUT2D eigenvalue weighted by Gasteiger charge is 2.19. The molecule has 2 aromatic rings. The molecule has 0 bridgehead atoms. The zero-order chi connectivity index (χ0) is 17.6. The average Bonchev–Trinajstić information content (AvgIpc) is 2.67. The van der Waals surface area contributed by atoms with E-state index in [1.54, 1.807) is 36.5 Å². The number of carbonyl (C=O) groups excluding carboxylic acids is 2. The number of nitrogens with two attached hydrogens (primary N) is 1. The van der Waals surface area contributed by atoms with Crippen molar-refractivity contribution in [3.63, 3.8) is 0 Å². The fraction of sp³-hybridized carbons (Fsp3) is 0.278. The summed E-state index contributed by atoms with van der Waals surface area (Å²) in [6, 6.07) is 10.4. The number of amides is 2. The zero-order valence-electron chi connectivity index (χ0n) is 13.8. The molecular formula is C18H20N4O3. The number of hydrogen-bond acceptors (Lipinski definition) is 5. The third-order valence-electron chi connectivity index (χ3n) is 4.01. The Morgan fingerprint density at radius 2 is 2.00 bits per heavy atom. The van der Waals surface area contributed by atoms with Crippen LogP contribution in [0.3, 0.4) is 0 Å². The van der Waals surface area contributed by atoms with Crippen LogP contribution in [0.4, 0.5) is 5.82 Å². The van der Waals surface area contributed by atoms with Gasteiger partial charge in [0.25, 0.3) is 5.91 Å². The van der Waals surface area contributed by atoms with Crippen LogP contribution in [0, 0.1) is 0 Å². The lowest BCUT2D eigenvalue weighted by Gasteiger charge is -2.29. The maximum absolute atomic E-state index is 12.6. The van der Waals surface area contributed by atoms with Crippen molar-refractivity contribution in [2.24, 2.45) is 5.73 Å². The van der Waals surface area contributed by atoms with E-state index in [0.717, 1.165) is 5.56 Å². The van der Waals surface area contributed by atoms with E-state index in [9.17, 15) is 9.59 Å². The number of ether oxygens (including phenoxy) is 1. The van der Waals surface area contributed by atoms with Crippen LogP contribution in [-0.2, 0) is 11.3 Å². The molecule has 3 N–H and O–H groups in total. The maximum Gasteiger partial charge on any atom is 0.255 e. The minimum atomic E-state index is -0.491. The summed E-state index contributed by atoms with van der Waals surface area (Å²) >= 11 is 0. The number of morpholine rings is 1. The number of nitrogens with zero attached hydrogens (tertiary/aromatic N) is 2. The van der Waals surface area contributed by atoms with Crippen LogP contribution in [0.5, 0.6) is 0 Å². The lowest BCUT2D eigenvalue weighted by atomic mass is 10.1. The number of aromatic nitrogens is 1. The topological polar surface area (TPSA) is 97.5 Å². The van der Waals surface area contributed by atoms with Crippen LogP contribution in [0.25, 0.3) is 0 Å². The predicted molar refractivity (Wildman–Crippen MR) is 93.4 cm³/mol. The van der Waals surface area contributed by atoms with E-state index in [1.807, 2.05) is 11.0 Å². The number of benzene rings is 1. The molecule has 1 fully saturated rings. The molecule has 2 heterocycles. The first-order chi connectivity index (χ1) is 12.1. The molecule has 1 aliphatic rings. The van der Waals surface area contributed by atoms with Gasteiger partial charge in [-0.3, -0.25) is 9.59 Å². The second kappa shape index (κ2) is 7.76. The van der Waals surface area contributed by atoms with E-state index in [1.165, 1.54) is 0 Å². The number of nitrogens with one attached hydrogen (secondary N) is 1. The summed E-state index contributed by atoms with van der Waals surface area (Å²) in [5, 5.41) is 2.87. The third kappa shape index (κ3) is 4.13. The van der Waals surface area contributed by atoms with Gasteiger partial charge in [-0.2, -0.15) is 0 Å². The quantitative estimate of drug-likeness (QED) is 0.844. The first-order valence-corrected chi connectivity index (χ1v) is 8.10. The van der Waals surface area contributed by atoms with E-state index < -0.39 is 5.91 Å². The number of hydrogen-bond donors (Lipinski definition) is 2. The molecule has 1 saturated heterocycles. The number of primary amides is 1. The summed E-state index contributed by atoms with van der Waals surface area (Å²) in [5.41, 5.74) is 7.03. The summed E-state index contributed by atoms with van der Waals surface area (Å²) in [7, 11) is 0. The van der Waals surface area contributed by atoms with Crippen molar-refractivity contribution >= 4 is 17.6 Å². The Morgan fingerprint density at radius 3 is 2.76 bits per heavy atom. The Morgan fingerprint density at radius 1 is 1.20 bits per heavy atom. The molecule has 25 heavy (non-hydrogen) atoms. The average molecular weight is 340 g/mol. The van der Waals surface area contributed by atoms with E-state index in [-0.39, 0.29) is 5.91 Å². The minimum absolute atomic E-state index is 0.209. The number of carbonyl (C=O) groups is 2. The van der Waals surface area contributed by atoms with Crippen molar-refractivity contribution in [2.45, 2.75) is 6.54 Å². The summed E-state index contributed by atoms with van der Waals surface area (Å²) in [5.74, 6) is -0.0386. The number of anilines is 1. The molecule has 0 spiro atoms. The highest BCUT2D eigenvalue weighted by Crippen LogP contribution is 2.18. The molecule has 7 heteroatoms. The van der Waals surface area contributed by atoms with Gasteiger partial charge < -0.3 is 20.7 Å². The van der Waals surface area contributed by atoms with Crippen LogP contribution in [0.15, 0.2) is 42.6 Å². The molecule has 0 saturated carbocycles. The second-order valence-corrected chi connectivity index (χ2v) is 5.72. The minimum Gasteiger partial charge on any atom is -0.378 e. The van der Waals surface area contributed by atoms with Gasteiger partial charge in [0.05, 0.1) is 18.8 Å². The summed E-state index contributed by atoms with van der Waals surface area (Å²) in [6.45, 7) is 2.96. The Bertz CT molecular complexity index is 772. The largest absolute Gasteiger partial charge is 0.378 e.